The smallest absolute Gasteiger partial charge is 0.312 e. The van der Waals surface area contributed by atoms with Crippen LogP contribution in [0.4, 0.5) is 0 Å². The number of ether oxygens (including phenoxy) is 1. The normalized spacial score (nSPS) is 19.8. The van der Waals surface area contributed by atoms with Gasteiger partial charge in [-0.2, -0.15) is 0 Å². The highest BCUT2D eigenvalue weighted by molar-refractivity contribution is 7.89. The summed E-state index contributed by atoms with van der Waals surface area (Å²) < 4.78 is 18.1. The van der Waals surface area contributed by atoms with Crippen molar-refractivity contribution in [2.75, 3.05) is 7.11 Å². The van der Waals surface area contributed by atoms with Crippen LogP contribution in [-0.2, 0) is 20.3 Å². The Labute approximate surface area is 162 Å². The highest BCUT2D eigenvalue weighted by Gasteiger charge is 2.41. The predicted molar refractivity (Wildman–Crippen MR) is 105 cm³/mol. The first-order valence-electron chi connectivity index (χ1n) is 9.02. The molecule has 0 spiro atoms. The van der Waals surface area contributed by atoms with Crippen molar-refractivity contribution in [3.63, 3.8) is 0 Å². The molecular formula is C22H24O4S. The number of benzene rings is 2. The Morgan fingerprint density at radius 2 is 1.81 bits per heavy atom. The van der Waals surface area contributed by atoms with Crippen LogP contribution in [0.3, 0.4) is 0 Å². The van der Waals surface area contributed by atoms with Gasteiger partial charge in [0.25, 0.3) is 0 Å². The van der Waals surface area contributed by atoms with Gasteiger partial charge >= 0.3 is 5.97 Å². The number of carbonyl (C=O) groups excluding carboxylic acids is 1. The highest BCUT2D eigenvalue weighted by Crippen LogP contribution is 2.42. The SMILES string of the molecule is COC(=O)[C@@H]([C@H]1CCC=C1S(=O)c1ccc(C)cc1)[C@@H](O)c1ccccc1. The van der Waals surface area contributed by atoms with Crippen LogP contribution < -0.4 is 0 Å². The predicted octanol–water partition coefficient (Wildman–Crippen LogP) is 3.92. The molecule has 2 aromatic rings. The first-order chi connectivity index (χ1) is 13.0. The van der Waals surface area contributed by atoms with Crippen molar-refractivity contribution in [2.24, 2.45) is 11.8 Å². The molecule has 3 rings (SSSR count). The van der Waals surface area contributed by atoms with Gasteiger partial charge < -0.3 is 9.84 Å². The number of allylic oxidation sites excluding steroid dienone is 2. The van der Waals surface area contributed by atoms with E-state index in [-0.39, 0.29) is 5.92 Å². The molecule has 0 bridgehead atoms. The number of esters is 1. The molecule has 0 amide bonds. The molecule has 0 heterocycles. The second-order valence-corrected chi connectivity index (χ2v) is 8.26. The Hall–Kier alpha value is -2.24. The van der Waals surface area contributed by atoms with E-state index in [4.69, 9.17) is 4.74 Å². The summed E-state index contributed by atoms with van der Waals surface area (Å²) in [5.74, 6) is -1.60. The minimum absolute atomic E-state index is 0.324. The van der Waals surface area contributed by atoms with Gasteiger partial charge in [-0.1, -0.05) is 54.1 Å². The Kier molecular flexibility index (Phi) is 6.24. The van der Waals surface area contributed by atoms with E-state index in [2.05, 4.69) is 0 Å². The Balaban J connectivity index is 1.92. The van der Waals surface area contributed by atoms with Crippen LogP contribution in [0.5, 0.6) is 0 Å². The van der Waals surface area contributed by atoms with Crippen LogP contribution in [0.25, 0.3) is 0 Å². The number of aliphatic hydroxyl groups excluding tert-OH is 1. The molecule has 0 aromatic heterocycles. The molecule has 0 radical (unpaired) electrons. The van der Waals surface area contributed by atoms with Crippen molar-refractivity contribution in [3.05, 3.63) is 76.7 Å². The summed E-state index contributed by atoms with van der Waals surface area (Å²) >= 11 is 0. The van der Waals surface area contributed by atoms with Gasteiger partial charge in [-0.3, -0.25) is 4.79 Å². The molecule has 27 heavy (non-hydrogen) atoms. The van der Waals surface area contributed by atoms with Gasteiger partial charge in [-0.05, 0) is 37.5 Å². The number of methoxy groups -OCH3 is 1. The number of aliphatic hydroxyl groups is 1. The monoisotopic (exact) mass is 384 g/mol. The van der Waals surface area contributed by atoms with Crippen molar-refractivity contribution >= 4 is 16.8 Å². The molecule has 1 aliphatic carbocycles. The average molecular weight is 384 g/mol. The van der Waals surface area contributed by atoms with Crippen LogP contribution in [0.15, 0.2) is 70.5 Å². The molecular weight excluding hydrogens is 360 g/mol. The quantitative estimate of drug-likeness (QED) is 0.767. The van der Waals surface area contributed by atoms with E-state index < -0.39 is 28.8 Å². The van der Waals surface area contributed by atoms with Crippen molar-refractivity contribution in [2.45, 2.75) is 30.8 Å². The van der Waals surface area contributed by atoms with Crippen LogP contribution in [0.2, 0.25) is 0 Å². The number of hydrogen-bond donors (Lipinski definition) is 1. The summed E-state index contributed by atoms with van der Waals surface area (Å²) in [4.78, 5) is 14.0. The van der Waals surface area contributed by atoms with Crippen LogP contribution in [0, 0.1) is 18.8 Å². The van der Waals surface area contributed by atoms with Gasteiger partial charge in [0.2, 0.25) is 0 Å². The minimum Gasteiger partial charge on any atom is -0.469 e. The molecule has 0 fully saturated rings. The maximum Gasteiger partial charge on any atom is 0.312 e. The lowest BCUT2D eigenvalue weighted by molar-refractivity contribution is -0.151. The van der Waals surface area contributed by atoms with E-state index in [1.165, 1.54) is 7.11 Å². The number of hydrogen-bond acceptors (Lipinski definition) is 4. The van der Waals surface area contributed by atoms with Crippen molar-refractivity contribution in [1.29, 1.82) is 0 Å². The molecule has 5 heteroatoms. The molecule has 0 saturated heterocycles. The third kappa shape index (κ3) is 4.20. The first kappa shape index (κ1) is 19.5. The number of aryl methyl sites for hydroxylation is 1. The molecule has 1 N–H and O–H groups in total. The van der Waals surface area contributed by atoms with Gasteiger partial charge in [0.1, 0.15) is 0 Å². The maximum atomic E-state index is 13.2. The summed E-state index contributed by atoms with van der Waals surface area (Å²) in [7, 11) is -0.0451. The second kappa shape index (κ2) is 8.63. The van der Waals surface area contributed by atoms with Crippen LogP contribution in [0.1, 0.15) is 30.1 Å². The van der Waals surface area contributed by atoms with Crippen LogP contribution >= 0.6 is 0 Å². The van der Waals surface area contributed by atoms with E-state index in [9.17, 15) is 14.1 Å². The summed E-state index contributed by atoms with van der Waals surface area (Å²) in [5, 5.41) is 10.9. The lowest BCUT2D eigenvalue weighted by Crippen LogP contribution is -2.31. The first-order valence-corrected chi connectivity index (χ1v) is 10.2. The van der Waals surface area contributed by atoms with Gasteiger partial charge in [0.15, 0.2) is 0 Å². The van der Waals surface area contributed by atoms with Crippen molar-refractivity contribution < 1.29 is 18.8 Å². The minimum atomic E-state index is -1.37. The fourth-order valence-corrected chi connectivity index (χ4v) is 5.04. The molecule has 4 atom stereocenters. The molecule has 1 aliphatic rings. The van der Waals surface area contributed by atoms with Crippen LogP contribution in [-0.4, -0.2) is 22.4 Å². The van der Waals surface area contributed by atoms with Gasteiger partial charge in [-0.15, -0.1) is 0 Å². The number of rotatable bonds is 6. The maximum absolute atomic E-state index is 13.2. The van der Waals surface area contributed by atoms with Gasteiger partial charge in [-0.25, -0.2) is 4.21 Å². The highest BCUT2D eigenvalue weighted by atomic mass is 32.2. The zero-order valence-corrected chi connectivity index (χ0v) is 16.3. The molecule has 0 aliphatic heterocycles. The summed E-state index contributed by atoms with van der Waals surface area (Å²) in [6.07, 6.45) is 2.32. The average Bonchev–Trinajstić information content (AvgIpc) is 3.17. The summed E-state index contributed by atoms with van der Waals surface area (Å²) in [5.41, 5.74) is 1.75. The lowest BCUT2D eigenvalue weighted by Gasteiger charge is -2.28. The lowest BCUT2D eigenvalue weighted by atomic mass is 9.84. The van der Waals surface area contributed by atoms with E-state index in [0.29, 0.717) is 21.8 Å². The molecule has 2 aromatic carbocycles. The number of carbonyl (C=O) groups is 1. The molecule has 0 saturated carbocycles. The summed E-state index contributed by atoms with van der Waals surface area (Å²) in [6, 6.07) is 16.6. The molecule has 1 unspecified atom stereocenters. The zero-order chi connectivity index (χ0) is 19.4. The third-order valence-electron chi connectivity index (χ3n) is 5.03. The van der Waals surface area contributed by atoms with E-state index in [0.717, 1.165) is 12.0 Å². The summed E-state index contributed by atoms with van der Waals surface area (Å²) in [6.45, 7) is 1.98. The van der Waals surface area contributed by atoms with E-state index in [1.807, 2.05) is 55.5 Å². The van der Waals surface area contributed by atoms with Gasteiger partial charge in [0.05, 0.1) is 29.9 Å². The fraction of sp³-hybridized carbons (Fsp3) is 0.318. The third-order valence-corrected chi connectivity index (χ3v) is 6.62. The Morgan fingerprint density at radius 3 is 2.44 bits per heavy atom. The Bertz CT molecular complexity index is 842. The van der Waals surface area contributed by atoms with E-state index >= 15 is 0 Å². The van der Waals surface area contributed by atoms with Gasteiger partial charge in [0, 0.05) is 15.7 Å². The fourth-order valence-electron chi connectivity index (χ4n) is 3.57. The second-order valence-electron chi connectivity index (χ2n) is 6.78. The van der Waals surface area contributed by atoms with Crippen molar-refractivity contribution in [1.82, 2.24) is 0 Å². The molecule has 142 valence electrons. The largest absolute Gasteiger partial charge is 0.469 e. The Morgan fingerprint density at radius 1 is 1.15 bits per heavy atom. The topological polar surface area (TPSA) is 63.6 Å². The standard InChI is InChI=1S/C22H24O4S/c1-15-11-13-17(14-12-15)27(25)19-10-6-9-18(19)20(22(24)26-2)21(23)16-7-4-3-5-8-16/h3-5,7-8,10-14,18,20-21,23H,6,9H2,1-2H3/t18-,20-,21-,27?/m0/s1. The van der Waals surface area contributed by atoms with E-state index in [1.54, 1.807) is 12.1 Å². The van der Waals surface area contributed by atoms with Crippen molar-refractivity contribution in [3.8, 4) is 0 Å². The zero-order valence-electron chi connectivity index (χ0n) is 15.5. The molecule has 4 nitrogen and oxygen atoms in total.